The lowest BCUT2D eigenvalue weighted by Gasteiger charge is -2.25. The summed E-state index contributed by atoms with van der Waals surface area (Å²) in [5, 5.41) is 9.84. The molecule has 1 aromatic heterocycles. The van der Waals surface area contributed by atoms with Crippen molar-refractivity contribution in [3.05, 3.63) is 11.1 Å². The van der Waals surface area contributed by atoms with Crippen LogP contribution in [0.4, 0.5) is 5.13 Å². The van der Waals surface area contributed by atoms with E-state index in [0.29, 0.717) is 6.42 Å². The summed E-state index contributed by atoms with van der Waals surface area (Å²) in [6.45, 7) is 3.62. The average molecular weight is 214 g/mol. The molecule has 0 bridgehead atoms. The van der Waals surface area contributed by atoms with E-state index in [4.69, 9.17) is 9.84 Å². The molecule has 1 aliphatic heterocycles. The fourth-order valence-electron chi connectivity index (χ4n) is 1.42. The second-order valence-corrected chi connectivity index (χ2v) is 4.28. The zero-order valence-electron chi connectivity index (χ0n) is 7.98. The Kier molecular flexibility index (Phi) is 3.34. The quantitative estimate of drug-likeness (QED) is 0.796. The van der Waals surface area contributed by atoms with Gasteiger partial charge in [-0.25, -0.2) is 4.98 Å². The topological polar surface area (TPSA) is 45.6 Å². The molecule has 2 heterocycles. The number of aromatic nitrogens is 1. The van der Waals surface area contributed by atoms with Gasteiger partial charge in [0, 0.05) is 37.2 Å². The monoisotopic (exact) mass is 214 g/mol. The number of nitrogens with zero attached hydrogens (tertiary/aromatic N) is 2. The van der Waals surface area contributed by atoms with Gasteiger partial charge in [0.05, 0.1) is 13.2 Å². The number of hydrogen-bond donors (Lipinski definition) is 1. The van der Waals surface area contributed by atoms with Crippen molar-refractivity contribution >= 4 is 16.5 Å². The first-order valence-electron chi connectivity index (χ1n) is 4.78. The number of aliphatic hydroxyl groups is 1. The van der Waals surface area contributed by atoms with Gasteiger partial charge in [-0.3, -0.25) is 0 Å². The van der Waals surface area contributed by atoms with Crippen LogP contribution in [0, 0.1) is 0 Å². The highest BCUT2D eigenvalue weighted by Crippen LogP contribution is 2.23. The molecule has 1 aromatic rings. The minimum absolute atomic E-state index is 0.199. The molecule has 14 heavy (non-hydrogen) atoms. The van der Waals surface area contributed by atoms with E-state index in [2.05, 4.69) is 9.88 Å². The van der Waals surface area contributed by atoms with Crippen LogP contribution in [-0.4, -0.2) is 43.0 Å². The summed E-state index contributed by atoms with van der Waals surface area (Å²) in [4.78, 5) is 7.71. The number of ether oxygens (including phenoxy) is 1. The van der Waals surface area contributed by atoms with Crippen LogP contribution in [0.5, 0.6) is 0 Å². The third-order valence-corrected chi connectivity index (χ3v) is 3.30. The van der Waals surface area contributed by atoms with E-state index < -0.39 is 0 Å². The zero-order chi connectivity index (χ0) is 9.80. The number of anilines is 1. The SMILES string of the molecule is OCCc1cnc(N2CCOCC2)s1. The van der Waals surface area contributed by atoms with Crippen molar-refractivity contribution < 1.29 is 9.84 Å². The summed E-state index contributed by atoms with van der Waals surface area (Å²) in [5.41, 5.74) is 0. The Morgan fingerprint density at radius 1 is 1.50 bits per heavy atom. The molecule has 1 N–H and O–H groups in total. The lowest BCUT2D eigenvalue weighted by atomic mass is 10.4. The molecular formula is C9H14N2O2S. The molecule has 1 aliphatic rings. The molecule has 4 nitrogen and oxygen atoms in total. The normalized spacial score (nSPS) is 17.4. The minimum Gasteiger partial charge on any atom is -0.396 e. The Morgan fingerprint density at radius 2 is 2.29 bits per heavy atom. The Bertz CT molecular complexity index is 284. The predicted octanol–water partition coefficient (Wildman–Crippen LogP) is 0.514. The molecule has 0 radical (unpaired) electrons. The highest BCUT2D eigenvalue weighted by Gasteiger charge is 2.14. The largest absolute Gasteiger partial charge is 0.396 e. The lowest BCUT2D eigenvalue weighted by Crippen LogP contribution is -2.36. The van der Waals surface area contributed by atoms with Crippen LogP contribution >= 0.6 is 11.3 Å². The van der Waals surface area contributed by atoms with Crippen molar-refractivity contribution in [3.8, 4) is 0 Å². The van der Waals surface area contributed by atoms with E-state index in [-0.39, 0.29) is 6.61 Å². The van der Waals surface area contributed by atoms with Crippen LogP contribution in [0.15, 0.2) is 6.20 Å². The van der Waals surface area contributed by atoms with Crippen LogP contribution in [0.2, 0.25) is 0 Å². The van der Waals surface area contributed by atoms with Gasteiger partial charge in [-0.1, -0.05) is 0 Å². The van der Waals surface area contributed by atoms with E-state index in [1.165, 1.54) is 0 Å². The molecule has 2 rings (SSSR count). The number of hydrogen-bond acceptors (Lipinski definition) is 5. The van der Waals surface area contributed by atoms with E-state index in [0.717, 1.165) is 36.3 Å². The third-order valence-electron chi connectivity index (χ3n) is 2.18. The van der Waals surface area contributed by atoms with Gasteiger partial charge in [0.15, 0.2) is 5.13 Å². The van der Waals surface area contributed by atoms with Gasteiger partial charge in [0.25, 0.3) is 0 Å². The molecular weight excluding hydrogens is 200 g/mol. The van der Waals surface area contributed by atoms with Gasteiger partial charge < -0.3 is 14.7 Å². The third kappa shape index (κ3) is 2.23. The summed E-state index contributed by atoms with van der Waals surface area (Å²) in [5.74, 6) is 0. The van der Waals surface area contributed by atoms with Gasteiger partial charge in [0.1, 0.15) is 0 Å². The minimum atomic E-state index is 0.199. The van der Waals surface area contributed by atoms with E-state index in [1.807, 2.05) is 6.20 Å². The van der Waals surface area contributed by atoms with Crippen molar-refractivity contribution in [1.29, 1.82) is 0 Å². The Hall–Kier alpha value is -0.650. The van der Waals surface area contributed by atoms with Crippen LogP contribution in [0.3, 0.4) is 0 Å². The molecule has 1 saturated heterocycles. The second-order valence-electron chi connectivity index (χ2n) is 3.18. The van der Waals surface area contributed by atoms with E-state index in [1.54, 1.807) is 11.3 Å². The summed E-state index contributed by atoms with van der Waals surface area (Å²) in [7, 11) is 0. The first-order chi connectivity index (χ1) is 6.90. The van der Waals surface area contributed by atoms with Gasteiger partial charge in [-0.2, -0.15) is 0 Å². The fraction of sp³-hybridized carbons (Fsp3) is 0.667. The number of morpholine rings is 1. The number of rotatable bonds is 3. The van der Waals surface area contributed by atoms with Gasteiger partial charge in [-0.05, 0) is 0 Å². The summed E-state index contributed by atoms with van der Waals surface area (Å²) in [6.07, 6.45) is 2.56. The van der Waals surface area contributed by atoms with Crippen LogP contribution in [-0.2, 0) is 11.2 Å². The van der Waals surface area contributed by atoms with Crippen molar-refractivity contribution in [2.24, 2.45) is 0 Å². The van der Waals surface area contributed by atoms with Crippen LogP contribution < -0.4 is 4.90 Å². The van der Waals surface area contributed by atoms with Crippen LogP contribution in [0.1, 0.15) is 4.88 Å². The molecule has 0 aliphatic carbocycles. The molecule has 78 valence electrons. The van der Waals surface area contributed by atoms with Gasteiger partial charge in [0.2, 0.25) is 0 Å². The van der Waals surface area contributed by atoms with E-state index >= 15 is 0 Å². The van der Waals surface area contributed by atoms with Crippen molar-refractivity contribution in [2.75, 3.05) is 37.8 Å². The highest BCUT2D eigenvalue weighted by molar-refractivity contribution is 7.15. The molecule has 0 unspecified atom stereocenters. The smallest absolute Gasteiger partial charge is 0.185 e. The highest BCUT2D eigenvalue weighted by atomic mass is 32.1. The maximum Gasteiger partial charge on any atom is 0.185 e. The van der Waals surface area contributed by atoms with Gasteiger partial charge in [-0.15, -0.1) is 11.3 Å². The van der Waals surface area contributed by atoms with Crippen molar-refractivity contribution in [2.45, 2.75) is 6.42 Å². The molecule has 0 saturated carbocycles. The Labute approximate surface area is 87.1 Å². The average Bonchev–Trinajstić information content (AvgIpc) is 2.68. The molecule has 1 fully saturated rings. The summed E-state index contributed by atoms with van der Waals surface area (Å²) >= 11 is 1.66. The molecule has 0 spiro atoms. The Balaban J connectivity index is 2.00. The number of aliphatic hydroxyl groups excluding tert-OH is 1. The lowest BCUT2D eigenvalue weighted by molar-refractivity contribution is 0.122. The van der Waals surface area contributed by atoms with E-state index in [9.17, 15) is 0 Å². The zero-order valence-corrected chi connectivity index (χ0v) is 8.79. The van der Waals surface area contributed by atoms with Crippen LogP contribution in [0.25, 0.3) is 0 Å². The van der Waals surface area contributed by atoms with Crippen molar-refractivity contribution in [3.63, 3.8) is 0 Å². The standard InChI is InChI=1S/C9H14N2O2S/c12-4-1-8-7-10-9(14-8)11-2-5-13-6-3-11/h7,12H,1-6H2. The first-order valence-corrected chi connectivity index (χ1v) is 5.60. The fourth-order valence-corrected chi connectivity index (χ4v) is 2.37. The molecule has 5 heteroatoms. The first kappa shape index (κ1) is 9.89. The number of thiazole rings is 1. The molecule has 0 atom stereocenters. The summed E-state index contributed by atoms with van der Waals surface area (Å²) in [6, 6.07) is 0. The maximum atomic E-state index is 8.78. The second kappa shape index (κ2) is 4.72. The molecule has 0 amide bonds. The summed E-state index contributed by atoms with van der Waals surface area (Å²) < 4.78 is 5.27. The van der Waals surface area contributed by atoms with Crippen molar-refractivity contribution in [1.82, 2.24) is 4.98 Å². The van der Waals surface area contributed by atoms with Gasteiger partial charge >= 0.3 is 0 Å². The Morgan fingerprint density at radius 3 is 3.00 bits per heavy atom. The maximum absolute atomic E-state index is 8.78. The predicted molar refractivity (Wildman–Crippen MR) is 55.9 cm³/mol. The molecule has 0 aromatic carbocycles.